The fourth-order valence-corrected chi connectivity index (χ4v) is 1.26. The minimum Gasteiger partial charge on any atom is -0.476 e. The van der Waals surface area contributed by atoms with Gasteiger partial charge in [0.05, 0.1) is 0 Å². The molecule has 0 saturated carbocycles. The van der Waals surface area contributed by atoms with Crippen molar-refractivity contribution in [2.75, 3.05) is 0 Å². The Balaban J connectivity index is 2.15. The van der Waals surface area contributed by atoms with Gasteiger partial charge in [-0.05, 0) is 5.56 Å². The normalized spacial score (nSPS) is 10.1. The summed E-state index contributed by atoms with van der Waals surface area (Å²) < 4.78 is 5.04. The van der Waals surface area contributed by atoms with Crippen molar-refractivity contribution < 1.29 is 14.3 Å². The molecule has 0 fully saturated rings. The summed E-state index contributed by atoms with van der Waals surface area (Å²) in [5, 5.41) is 8.64. The van der Waals surface area contributed by atoms with Gasteiger partial charge in [0.15, 0.2) is 11.6 Å². The summed E-state index contributed by atoms with van der Waals surface area (Å²) >= 11 is 0. The molecule has 0 amide bonds. The van der Waals surface area contributed by atoms with Crippen LogP contribution in [-0.2, 0) is 6.42 Å². The highest BCUT2D eigenvalue weighted by Crippen LogP contribution is 2.09. The van der Waals surface area contributed by atoms with Crippen LogP contribution in [0.1, 0.15) is 21.9 Å². The fraction of sp³-hybridized carbons (Fsp3) is 0.0909. The van der Waals surface area contributed by atoms with E-state index in [1.165, 1.54) is 0 Å². The molecule has 4 nitrogen and oxygen atoms in total. The molecule has 0 spiro atoms. The molecule has 4 heteroatoms. The minimum absolute atomic E-state index is 0.0547. The van der Waals surface area contributed by atoms with Gasteiger partial charge in [0.2, 0.25) is 0 Å². The molecular weight excluding hydrogens is 194 g/mol. The number of aromatic nitrogens is 1. The van der Waals surface area contributed by atoms with Gasteiger partial charge in [0.25, 0.3) is 0 Å². The Morgan fingerprint density at radius 3 is 2.67 bits per heavy atom. The topological polar surface area (TPSA) is 63.3 Å². The molecule has 1 aromatic heterocycles. The van der Waals surface area contributed by atoms with Crippen LogP contribution in [0.25, 0.3) is 0 Å². The van der Waals surface area contributed by atoms with Crippen LogP contribution in [0.2, 0.25) is 0 Å². The number of hydrogen-bond acceptors (Lipinski definition) is 3. The van der Waals surface area contributed by atoms with Crippen LogP contribution >= 0.6 is 0 Å². The van der Waals surface area contributed by atoms with Crippen molar-refractivity contribution in [1.82, 2.24) is 4.98 Å². The summed E-state index contributed by atoms with van der Waals surface area (Å²) in [4.78, 5) is 14.4. The Bertz CT molecular complexity index is 462. The molecule has 0 aliphatic carbocycles. The summed E-state index contributed by atoms with van der Waals surface area (Å²) in [6, 6.07) is 9.61. The quantitative estimate of drug-likeness (QED) is 0.828. The van der Waals surface area contributed by atoms with Crippen molar-refractivity contribution in [3.8, 4) is 0 Å². The highest BCUT2D eigenvalue weighted by Gasteiger charge is 2.10. The van der Waals surface area contributed by atoms with E-state index in [1.54, 1.807) is 0 Å². The highest BCUT2D eigenvalue weighted by atomic mass is 16.4. The third-order valence-electron chi connectivity index (χ3n) is 1.97. The zero-order valence-electron chi connectivity index (χ0n) is 7.88. The molecule has 1 aromatic carbocycles. The average molecular weight is 203 g/mol. The van der Waals surface area contributed by atoms with Crippen molar-refractivity contribution in [1.29, 1.82) is 0 Å². The van der Waals surface area contributed by atoms with E-state index in [9.17, 15) is 4.79 Å². The first-order valence-electron chi connectivity index (χ1n) is 4.47. The SMILES string of the molecule is O=C(O)c1coc(Cc2ccccc2)n1. The fourth-order valence-electron chi connectivity index (χ4n) is 1.26. The molecule has 76 valence electrons. The van der Waals surface area contributed by atoms with E-state index >= 15 is 0 Å². The summed E-state index contributed by atoms with van der Waals surface area (Å²) in [6.07, 6.45) is 1.66. The minimum atomic E-state index is -1.07. The Morgan fingerprint density at radius 2 is 2.07 bits per heavy atom. The molecular formula is C11H9NO3. The van der Waals surface area contributed by atoms with Crippen molar-refractivity contribution in [3.63, 3.8) is 0 Å². The Labute approximate surface area is 86.2 Å². The number of aromatic carboxylic acids is 1. The van der Waals surface area contributed by atoms with E-state index in [1.807, 2.05) is 30.3 Å². The summed E-state index contributed by atoms with van der Waals surface area (Å²) in [5.41, 5.74) is 0.984. The monoisotopic (exact) mass is 203 g/mol. The van der Waals surface area contributed by atoms with Gasteiger partial charge in [-0.25, -0.2) is 9.78 Å². The Hall–Kier alpha value is -2.10. The Morgan fingerprint density at radius 1 is 1.33 bits per heavy atom. The second kappa shape index (κ2) is 3.96. The summed E-state index contributed by atoms with van der Waals surface area (Å²) in [7, 11) is 0. The van der Waals surface area contributed by atoms with Crippen LogP contribution in [0.3, 0.4) is 0 Å². The van der Waals surface area contributed by atoms with Gasteiger partial charge < -0.3 is 9.52 Å². The van der Waals surface area contributed by atoms with E-state index in [0.717, 1.165) is 11.8 Å². The van der Waals surface area contributed by atoms with Gasteiger partial charge >= 0.3 is 5.97 Å². The summed E-state index contributed by atoms with van der Waals surface area (Å²) in [5.74, 6) is -0.656. The molecule has 1 heterocycles. The predicted molar refractivity (Wildman–Crippen MR) is 52.7 cm³/mol. The van der Waals surface area contributed by atoms with Gasteiger partial charge in [0.1, 0.15) is 6.26 Å². The van der Waals surface area contributed by atoms with Crippen LogP contribution < -0.4 is 0 Å². The molecule has 15 heavy (non-hydrogen) atoms. The average Bonchev–Trinajstić information content (AvgIpc) is 2.68. The second-order valence-electron chi connectivity index (χ2n) is 3.09. The maximum absolute atomic E-state index is 10.5. The lowest BCUT2D eigenvalue weighted by Gasteiger charge is -1.94. The lowest BCUT2D eigenvalue weighted by molar-refractivity contribution is 0.0690. The first-order chi connectivity index (χ1) is 7.25. The number of benzene rings is 1. The number of hydrogen-bond donors (Lipinski definition) is 1. The highest BCUT2D eigenvalue weighted by molar-refractivity contribution is 5.84. The standard InChI is InChI=1S/C11H9NO3/c13-11(14)9-7-15-10(12-9)6-8-4-2-1-3-5-8/h1-5,7H,6H2,(H,13,14). The third kappa shape index (κ3) is 2.22. The van der Waals surface area contributed by atoms with Crippen LogP contribution in [0.15, 0.2) is 41.0 Å². The number of rotatable bonds is 3. The largest absolute Gasteiger partial charge is 0.476 e. The van der Waals surface area contributed by atoms with E-state index in [2.05, 4.69) is 4.98 Å². The van der Waals surface area contributed by atoms with E-state index in [4.69, 9.17) is 9.52 Å². The predicted octanol–water partition coefficient (Wildman–Crippen LogP) is 1.96. The zero-order chi connectivity index (χ0) is 10.7. The first kappa shape index (κ1) is 9.45. The molecule has 0 aliphatic heterocycles. The molecule has 0 radical (unpaired) electrons. The van der Waals surface area contributed by atoms with Crippen LogP contribution in [-0.4, -0.2) is 16.1 Å². The van der Waals surface area contributed by atoms with Crippen molar-refractivity contribution in [2.45, 2.75) is 6.42 Å². The number of carboxylic acids is 1. The molecule has 2 rings (SSSR count). The van der Waals surface area contributed by atoms with Crippen LogP contribution in [0.4, 0.5) is 0 Å². The molecule has 0 unspecified atom stereocenters. The molecule has 0 bridgehead atoms. The number of nitrogens with zero attached hydrogens (tertiary/aromatic N) is 1. The smallest absolute Gasteiger partial charge is 0.357 e. The van der Waals surface area contributed by atoms with E-state index < -0.39 is 5.97 Å². The second-order valence-corrected chi connectivity index (χ2v) is 3.09. The molecule has 0 aliphatic rings. The lowest BCUT2D eigenvalue weighted by Crippen LogP contribution is -1.97. The number of carboxylic acid groups (broad SMARTS) is 1. The van der Waals surface area contributed by atoms with Gasteiger partial charge in [-0.15, -0.1) is 0 Å². The van der Waals surface area contributed by atoms with Gasteiger partial charge in [-0.3, -0.25) is 0 Å². The van der Waals surface area contributed by atoms with Gasteiger partial charge in [0, 0.05) is 6.42 Å². The van der Waals surface area contributed by atoms with Gasteiger partial charge in [-0.1, -0.05) is 30.3 Å². The maximum atomic E-state index is 10.5. The van der Waals surface area contributed by atoms with Gasteiger partial charge in [-0.2, -0.15) is 0 Å². The summed E-state index contributed by atoms with van der Waals surface area (Å²) in [6.45, 7) is 0. The number of carbonyl (C=O) groups is 1. The first-order valence-corrected chi connectivity index (χ1v) is 4.47. The van der Waals surface area contributed by atoms with E-state index in [-0.39, 0.29) is 5.69 Å². The zero-order valence-corrected chi connectivity index (χ0v) is 7.88. The number of oxazole rings is 1. The van der Waals surface area contributed by atoms with Crippen LogP contribution in [0, 0.1) is 0 Å². The molecule has 1 N–H and O–H groups in total. The molecule has 0 saturated heterocycles. The van der Waals surface area contributed by atoms with Crippen LogP contribution in [0.5, 0.6) is 0 Å². The van der Waals surface area contributed by atoms with Crippen molar-refractivity contribution in [2.24, 2.45) is 0 Å². The Kier molecular flexibility index (Phi) is 2.49. The third-order valence-corrected chi connectivity index (χ3v) is 1.97. The maximum Gasteiger partial charge on any atom is 0.357 e. The lowest BCUT2D eigenvalue weighted by atomic mass is 10.1. The molecule has 0 atom stereocenters. The molecule has 2 aromatic rings. The van der Waals surface area contributed by atoms with E-state index in [0.29, 0.717) is 12.3 Å². The van der Waals surface area contributed by atoms with Crippen molar-refractivity contribution >= 4 is 5.97 Å². The van der Waals surface area contributed by atoms with Crippen molar-refractivity contribution in [3.05, 3.63) is 53.7 Å².